The van der Waals surface area contributed by atoms with Gasteiger partial charge in [0.15, 0.2) is 5.78 Å². The summed E-state index contributed by atoms with van der Waals surface area (Å²) in [5, 5.41) is 22.4. The maximum Gasteiger partial charge on any atom is 0.302 e. The molecule has 4 saturated carbocycles. The number of hydrogen-bond acceptors (Lipinski definition) is 5. The molecule has 0 aromatic carbocycles. The molecule has 150 valence electrons. The van der Waals surface area contributed by atoms with Gasteiger partial charge >= 0.3 is 5.97 Å². The van der Waals surface area contributed by atoms with Gasteiger partial charge in [-0.3, -0.25) is 9.59 Å². The van der Waals surface area contributed by atoms with Crippen LogP contribution in [0.25, 0.3) is 0 Å². The molecular weight excluding hydrogens is 344 g/mol. The van der Waals surface area contributed by atoms with E-state index in [-0.39, 0.29) is 41.0 Å². The molecule has 4 aliphatic carbocycles. The molecule has 5 nitrogen and oxygen atoms in total. The molecule has 4 fully saturated rings. The zero-order chi connectivity index (χ0) is 19.9. The fourth-order valence-corrected chi connectivity index (χ4v) is 7.69. The molecule has 2 bridgehead atoms. The van der Waals surface area contributed by atoms with Gasteiger partial charge in [0.1, 0.15) is 6.10 Å². The van der Waals surface area contributed by atoms with Crippen LogP contribution in [0.3, 0.4) is 0 Å². The lowest BCUT2D eigenvalue weighted by atomic mass is 9.39. The first-order chi connectivity index (χ1) is 12.5. The first-order valence-electron chi connectivity index (χ1n) is 10.3. The summed E-state index contributed by atoms with van der Waals surface area (Å²) in [5.41, 5.74) is -1.23. The van der Waals surface area contributed by atoms with Gasteiger partial charge in [-0.05, 0) is 54.9 Å². The van der Waals surface area contributed by atoms with E-state index < -0.39 is 23.0 Å². The van der Waals surface area contributed by atoms with E-state index in [2.05, 4.69) is 27.4 Å². The molecule has 1 spiro atoms. The van der Waals surface area contributed by atoms with Crippen molar-refractivity contribution < 1.29 is 24.5 Å². The van der Waals surface area contributed by atoms with Crippen molar-refractivity contribution in [3.63, 3.8) is 0 Å². The van der Waals surface area contributed by atoms with Crippen molar-refractivity contribution in [3.8, 4) is 0 Å². The standard InChI is InChI=1S/C22H32O5/c1-11-13-6-7-14-21(5)15(10-16(24)22(14,18(11)25)19(13)26)20(3,4)9-8-17(21)27-12(2)23/h13-17,19,24,26H,1,6-10H2,2-5H3. The first-order valence-corrected chi connectivity index (χ1v) is 10.3. The lowest BCUT2D eigenvalue weighted by molar-refractivity contribution is -0.255. The maximum atomic E-state index is 13.3. The highest BCUT2D eigenvalue weighted by Gasteiger charge is 2.75. The molecule has 2 N–H and O–H groups in total. The third-order valence-corrected chi connectivity index (χ3v) is 8.85. The second-order valence-corrected chi connectivity index (χ2v) is 10.3. The molecule has 8 unspecified atom stereocenters. The highest BCUT2D eigenvalue weighted by atomic mass is 16.5. The van der Waals surface area contributed by atoms with Gasteiger partial charge in [0.2, 0.25) is 0 Å². The number of Topliss-reactive ketones (excluding diaryl/α,β-unsaturated/α-hetero) is 1. The molecule has 0 heterocycles. The van der Waals surface area contributed by atoms with E-state index in [0.29, 0.717) is 18.4 Å². The third kappa shape index (κ3) is 2.13. The van der Waals surface area contributed by atoms with Crippen molar-refractivity contribution in [1.29, 1.82) is 0 Å². The van der Waals surface area contributed by atoms with Gasteiger partial charge in [0, 0.05) is 18.3 Å². The van der Waals surface area contributed by atoms with Crippen LogP contribution < -0.4 is 0 Å². The van der Waals surface area contributed by atoms with Crippen LogP contribution in [0.4, 0.5) is 0 Å². The van der Waals surface area contributed by atoms with E-state index in [9.17, 15) is 19.8 Å². The Kier molecular flexibility index (Phi) is 4.01. The summed E-state index contributed by atoms with van der Waals surface area (Å²) >= 11 is 0. The van der Waals surface area contributed by atoms with E-state index >= 15 is 0 Å². The fraction of sp³-hybridized carbons (Fsp3) is 0.818. The molecule has 8 atom stereocenters. The molecule has 0 aromatic heterocycles. The Morgan fingerprint density at radius 2 is 1.81 bits per heavy atom. The third-order valence-electron chi connectivity index (χ3n) is 8.85. The monoisotopic (exact) mass is 376 g/mol. The van der Waals surface area contributed by atoms with E-state index in [1.807, 2.05) is 0 Å². The molecule has 27 heavy (non-hydrogen) atoms. The van der Waals surface area contributed by atoms with Crippen LogP contribution in [0.15, 0.2) is 12.2 Å². The number of ketones is 1. The minimum Gasteiger partial charge on any atom is -0.462 e. The van der Waals surface area contributed by atoms with E-state index in [1.165, 1.54) is 6.92 Å². The number of carbonyl (C=O) groups excluding carboxylic acids is 2. The van der Waals surface area contributed by atoms with Gasteiger partial charge in [0.25, 0.3) is 0 Å². The van der Waals surface area contributed by atoms with E-state index in [4.69, 9.17) is 4.74 Å². The predicted molar refractivity (Wildman–Crippen MR) is 99.6 cm³/mol. The summed E-state index contributed by atoms with van der Waals surface area (Å²) in [4.78, 5) is 25.2. The lowest BCUT2D eigenvalue weighted by Gasteiger charge is -2.66. The maximum absolute atomic E-state index is 13.3. The fourth-order valence-electron chi connectivity index (χ4n) is 7.69. The van der Waals surface area contributed by atoms with Gasteiger partial charge < -0.3 is 14.9 Å². The number of aliphatic hydroxyl groups is 2. The Bertz CT molecular complexity index is 711. The molecule has 0 aromatic rings. The number of ether oxygens (including phenoxy) is 1. The SMILES string of the molecule is C=C1C(=O)C23C(O)CC4C(C)(C)CCC(OC(C)=O)C4(C)C2CCC1C3O. The molecule has 4 rings (SSSR count). The van der Waals surface area contributed by atoms with Gasteiger partial charge in [0.05, 0.1) is 17.6 Å². The van der Waals surface area contributed by atoms with Crippen LogP contribution in [0.2, 0.25) is 0 Å². The normalized spacial score (nSPS) is 50.7. The molecule has 0 amide bonds. The number of esters is 1. The molecule has 4 aliphatic rings. The minimum absolute atomic E-state index is 0.0333. The quantitative estimate of drug-likeness (QED) is 0.543. The number of fused-ring (bicyclic) bond motifs is 3. The molecule has 0 aliphatic heterocycles. The van der Waals surface area contributed by atoms with Crippen LogP contribution in [-0.4, -0.2) is 40.3 Å². The summed E-state index contributed by atoms with van der Waals surface area (Å²) in [6, 6.07) is 0. The number of aliphatic hydroxyl groups excluding tert-OH is 2. The van der Waals surface area contributed by atoms with Crippen molar-refractivity contribution in [2.75, 3.05) is 0 Å². The van der Waals surface area contributed by atoms with Gasteiger partial charge in [-0.2, -0.15) is 0 Å². The summed E-state index contributed by atoms with van der Waals surface area (Å²) in [5.74, 6) is -0.844. The summed E-state index contributed by atoms with van der Waals surface area (Å²) in [6.07, 6.45) is 1.45. The second kappa shape index (κ2) is 5.66. The van der Waals surface area contributed by atoms with Crippen LogP contribution in [0, 0.1) is 34.0 Å². The Morgan fingerprint density at radius 3 is 2.44 bits per heavy atom. The Labute approximate surface area is 161 Å². The van der Waals surface area contributed by atoms with Gasteiger partial charge in [-0.15, -0.1) is 0 Å². The second-order valence-electron chi connectivity index (χ2n) is 10.3. The largest absolute Gasteiger partial charge is 0.462 e. The highest BCUT2D eigenvalue weighted by Crippen LogP contribution is 2.71. The average molecular weight is 376 g/mol. The van der Waals surface area contributed by atoms with Gasteiger partial charge in [-0.1, -0.05) is 27.4 Å². The number of rotatable bonds is 1. The Balaban J connectivity index is 1.89. The van der Waals surface area contributed by atoms with E-state index in [1.54, 1.807) is 0 Å². The smallest absolute Gasteiger partial charge is 0.302 e. The zero-order valence-electron chi connectivity index (χ0n) is 16.8. The Hall–Kier alpha value is -1.20. The zero-order valence-corrected chi connectivity index (χ0v) is 16.8. The van der Waals surface area contributed by atoms with Crippen molar-refractivity contribution in [2.45, 2.75) is 78.1 Å². The minimum atomic E-state index is -1.20. The van der Waals surface area contributed by atoms with Gasteiger partial charge in [-0.25, -0.2) is 0 Å². The molecule has 5 heteroatoms. The molecule has 0 radical (unpaired) electrons. The topological polar surface area (TPSA) is 83.8 Å². The summed E-state index contributed by atoms with van der Waals surface area (Å²) in [6.45, 7) is 11.9. The van der Waals surface area contributed by atoms with Crippen molar-refractivity contribution in [1.82, 2.24) is 0 Å². The van der Waals surface area contributed by atoms with Crippen LogP contribution in [-0.2, 0) is 14.3 Å². The Morgan fingerprint density at radius 1 is 1.15 bits per heavy atom. The summed E-state index contributed by atoms with van der Waals surface area (Å²) < 4.78 is 5.81. The van der Waals surface area contributed by atoms with Crippen LogP contribution >= 0.6 is 0 Å². The van der Waals surface area contributed by atoms with Crippen LogP contribution in [0.5, 0.6) is 0 Å². The average Bonchev–Trinajstić information content (AvgIpc) is 2.68. The van der Waals surface area contributed by atoms with E-state index in [0.717, 1.165) is 19.3 Å². The van der Waals surface area contributed by atoms with Crippen molar-refractivity contribution in [2.24, 2.45) is 34.0 Å². The summed E-state index contributed by atoms with van der Waals surface area (Å²) in [7, 11) is 0. The molecule has 0 saturated heterocycles. The number of hydrogen-bond donors (Lipinski definition) is 2. The molecular formula is C22H32O5. The first kappa shape index (κ1) is 19.1. The van der Waals surface area contributed by atoms with Crippen molar-refractivity contribution >= 4 is 11.8 Å². The van der Waals surface area contributed by atoms with Crippen LogP contribution in [0.1, 0.15) is 59.8 Å². The predicted octanol–water partition coefficient (Wildman–Crippen LogP) is 2.64. The number of carbonyl (C=O) groups is 2. The highest BCUT2D eigenvalue weighted by molar-refractivity contribution is 6.04. The lowest BCUT2D eigenvalue weighted by Crippen LogP contribution is -2.70. The van der Waals surface area contributed by atoms with Crippen molar-refractivity contribution in [3.05, 3.63) is 12.2 Å².